The average Bonchev–Trinajstić information content (AvgIpc) is 3.12. The number of nitrogens with one attached hydrogen (secondary N) is 1. The first kappa shape index (κ1) is 20.5. The van der Waals surface area contributed by atoms with Crippen molar-refractivity contribution in [2.24, 2.45) is 5.92 Å². The Bertz CT molecular complexity index is 1000. The lowest BCUT2D eigenvalue weighted by molar-refractivity contribution is 0.0737. The predicted octanol–water partition coefficient (Wildman–Crippen LogP) is 2.91. The van der Waals surface area contributed by atoms with Crippen molar-refractivity contribution in [3.8, 4) is 0 Å². The Morgan fingerprint density at radius 1 is 1.10 bits per heavy atom. The van der Waals surface area contributed by atoms with Gasteiger partial charge in [-0.2, -0.15) is 5.10 Å². The van der Waals surface area contributed by atoms with Gasteiger partial charge in [0.25, 0.3) is 11.5 Å². The number of carbonyl (C=O) groups is 1. The largest absolute Gasteiger partial charge is 0.338 e. The van der Waals surface area contributed by atoms with E-state index in [1.807, 2.05) is 21.7 Å². The highest BCUT2D eigenvalue weighted by molar-refractivity contribution is 5.93. The van der Waals surface area contributed by atoms with Gasteiger partial charge in [0, 0.05) is 62.1 Å². The monoisotopic (exact) mass is 423 g/mol. The van der Waals surface area contributed by atoms with E-state index in [1.54, 1.807) is 6.07 Å². The molecule has 7 nitrogen and oxygen atoms in total. The summed E-state index contributed by atoms with van der Waals surface area (Å²) in [5.41, 5.74) is 3.74. The van der Waals surface area contributed by atoms with Gasteiger partial charge in [0.05, 0.1) is 6.20 Å². The Morgan fingerprint density at radius 3 is 2.61 bits per heavy atom. The summed E-state index contributed by atoms with van der Waals surface area (Å²) in [6.07, 6.45) is 8.71. The van der Waals surface area contributed by atoms with Gasteiger partial charge in [-0.25, -0.2) is 0 Å². The Balaban J connectivity index is 1.36. The van der Waals surface area contributed by atoms with Crippen molar-refractivity contribution in [2.45, 2.75) is 64.5 Å². The zero-order valence-electron chi connectivity index (χ0n) is 18.5. The van der Waals surface area contributed by atoms with Gasteiger partial charge in [0.2, 0.25) is 0 Å². The van der Waals surface area contributed by atoms with Crippen LogP contribution < -0.4 is 5.56 Å². The maximum Gasteiger partial charge on any atom is 0.263 e. The van der Waals surface area contributed by atoms with Crippen molar-refractivity contribution in [1.82, 2.24) is 24.6 Å². The van der Waals surface area contributed by atoms with Gasteiger partial charge in [-0.15, -0.1) is 0 Å². The fraction of sp³-hybridized carbons (Fsp3) is 0.625. The quantitative estimate of drug-likeness (QED) is 0.824. The third-order valence-electron chi connectivity index (χ3n) is 7.38. The van der Waals surface area contributed by atoms with Gasteiger partial charge in [0.15, 0.2) is 0 Å². The molecule has 2 fully saturated rings. The molecular formula is C24H33N5O2. The molecule has 1 amide bonds. The molecule has 3 aliphatic rings. The fourth-order valence-corrected chi connectivity index (χ4v) is 5.73. The molecule has 31 heavy (non-hydrogen) atoms. The molecule has 0 radical (unpaired) electrons. The number of hydrogen-bond acceptors (Lipinski definition) is 4. The summed E-state index contributed by atoms with van der Waals surface area (Å²) >= 11 is 0. The number of hydrogen-bond donors (Lipinski definition) is 1. The zero-order valence-corrected chi connectivity index (χ0v) is 18.5. The molecule has 5 rings (SSSR count). The smallest absolute Gasteiger partial charge is 0.263 e. The van der Waals surface area contributed by atoms with Crippen molar-refractivity contribution in [3.05, 3.63) is 51.2 Å². The Morgan fingerprint density at radius 2 is 1.87 bits per heavy atom. The van der Waals surface area contributed by atoms with Crippen molar-refractivity contribution >= 4 is 5.91 Å². The van der Waals surface area contributed by atoms with Crippen molar-refractivity contribution < 1.29 is 4.79 Å². The third-order valence-corrected chi connectivity index (χ3v) is 7.38. The SMILES string of the molecule is Cc1[nH]ncc1CN1C[C@@H]2C[C@H](C1)c1ccc(C(=O)N3CCCCCCC3)c(=O)n1C2. The van der Waals surface area contributed by atoms with Crippen LogP contribution in [0, 0.1) is 12.8 Å². The molecule has 0 aromatic carbocycles. The first-order chi connectivity index (χ1) is 15.1. The lowest BCUT2D eigenvalue weighted by atomic mass is 9.82. The summed E-state index contributed by atoms with van der Waals surface area (Å²) in [7, 11) is 0. The number of H-pyrrole nitrogens is 1. The molecule has 3 aliphatic heterocycles. The Labute approximate surface area is 183 Å². The number of likely N-dealkylation sites (tertiary alicyclic amines) is 2. The summed E-state index contributed by atoms with van der Waals surface area (Å²) in [5, 5.41) is 7.17. The van der Waals surface area contributed by atoms with Crippen molar-refractivity contribution in [2.75, 3.05) is 26.2 Å². The van der Waals surface area contributed by atoms with Gasteiger partial charge in [0.1, 0.15) is 5.56 Å². The number of aryl methyl sites for hydroxylation is 1. The third kappa shape index (κ3) is 4.07. The molecule has 2 saturated heterocycles. The average molecular weight is 424 g/mol. The van der Waals surface area contributed by atoms with Gasteiger partial charge >= 0.3 is 0 Å². The molecule has 2 aromatic heterocycles. The van der Waals surface area contributed by atoms with Crippen LogP contribution in [-0.4, -0.2) is 56.7 Å². The second kappa shape index (κ2) is 8.61. The maximum atomic E-state index is 13.4. The molecule has 0 unspecified atom stereocenters. The summed E-state index contributed by atoms with van der Waals surface area (Å²) in [6.45, 7) is 7.14. The number of fused-ring (bicyclic) bond motifs is 4. The summed E-state index contributed by atoms with van der Waals surface area (Å²) < 4.78 is 1.91. The van der Waals surface area contributed by atoms with Crippen LogP contribution in [-0.2, 0) is 13.1 Å². The van der Waals surface area contributed by atoms with E-state index in [2.05, 4.69) is 22.0 Å². The molecule has 2 atom stereocenters. The first-order valence-corrected chi connectivity index (χ1v) is 11.8. The number of rotatable bonds is 3. The molecule has 0 spiro atoms. The van der Waals surface area contributed by atoms with E-state index in [-0.39, 0.29) is 11.5 Å². The maximum absolute atomic E-state index is 13.4. The minimum absolute atomic E-state index is 0.0741. The second-order valence-corrected chi connectivity index (χ2v) is 9.66. The number of nitrogens with zero attached hydrogens (tertiary/aromatic N) is 4. The number of aromatic nitrogens is 3. The van der Waals surface area contributed by atoms with Crippen molar-refractivity contribution in [1.29, 1.82) is 0 Å². The van der Waals surface area contributed by atoms with Crippen LogP contribution in [0.15, 0.2) is 23.1 Å². The van der Waals surface area contributed by atoms with E-state index >= 15 is 0 Å². The van der Waals surface area contributed by atoms with Crippen LogP contribution in [0.1, 0.15) is 71.8 Å². The highest BCUT2D eigenvalue weighted by Crippen LogP contribution is 2.35. The molecule has 1 N–H and O–H groups in total. The number of pyridine rings is 1. The molecule has 2 aromatic rings. The first-order valence-electron chi connectivity index (χ1n) is 11.8. The highest BCUT2D eigenvalue weighted by Gasteiger charge is 2.35. The van der Waals surface area contributed by atoms with Gasteiger partial charge < -0.3 is 9.47 Å². The lowest BCUT2D eigenvalue weighted by Crippen LogP contribution is -2.48. The summed E-state index contributed by atoms with van der Waals surface area (Å²) in [4.78, 5) is 30.9. The second-order valence-electron chi connectivity index (χ2n) is 9.66. The number of carbonyl (C=O) groups excluding carboxylic acids is 1. The van der Waals surface area contributed by atoms with E-state index < -0.39 is 0 Å². The fourth-order valence-electron chi connectivity index (χ4n) is 5.73. The van der Waals surface area contributed by atoms with Crippen LogP contribution in [0.25, 0.3) is 0 Å². The van der Waals surface area contributed by atoms with E-state index in [0.717, 1.165) is 63.4 Å². The van der Waals surface area contributed by atoms with Crippen LogP contribution in [0.4, 0.5) is 0 Å². The van der Waals surface area contributed by atoms with Gasteiger partial charge in [-0.3, -0.25) is 19.6 Å². The Kier molecular flexibility index (Phi) is 5.69. The van der Waals surface area contributed by atoms with Crippen LogP contribution in [0.3, 0.4) is 0 Å². The number of aromatic amines is 1. The summed E-state index contributed by atoms with van der Waals surface area (Å²) in [5.74, 6) is 0.719. The minimum atomic E-state index is -0.0848. The molecule has 166 valence electrons. The van der Waals surface area contributed by atoms with Crippen LogP contribution >= 0.6 is 0 Å². The topological polar surface area (TPSA) is 74.2 Å². The van der Waals surface area contributed by atoms with E-state index in [4.69, 9.17) is 0 Å². The normalized spacial score (nSPS) is 24.4. The molecule has 7 heteroatoms. The zero-order chi connectivity index (χ0) is 21.4. The number of amides is 1. The lowest BCUT2D eigenvalue weighted by Gasteiger charge is -2.43. The van der Waals surface area contributed by atoms with Gasteiger partial charge in [-0.1, -0.05) is 19.3 Å². The minimum Gasteiger partial charge on any atom is -0.338 e. The predicted molar refractivity (Wildman–Crippen MR) is 119 cm³/mol. The summed E-state index contributed by atoms with van der Waals surface area (Å²) in [6, 6.07) is 3.85. The molecule has 5 heterocycles. The molecule has 0 aliphatic carbocycles. The number of piperidine rings is 1. The van der Waals surface area contributed by atoms with E-state index in [9.17, 15) is 9.59 Å². The van der Waals surface area contributed by atoms with Crippen LogP contribution in [0.2, 0.25) is 0 Å². The molecule has 2 bridgehead atoms. The Hall–Kier alpha value is -2.41. The molecular weight excluding hydrogens is 390 g/mol. The highest BCUT2D eigenvalue weighted by atomic mass is 16.2. The van der Waals surface area contributed by atoms with E-state index in [1.165, 1.54) is 24.8 Å². The van der Waals surface area contributed by atoms with Gasteiger partial charge in [-0.05, 0) is 44.2 Å². The van der Waals surface area contributed by atoms with Crippen LogP contribution in [0.5, 0.6) is 0 Å². The van der Waals surface area contributed by atoms with Crippen molar-refractivity contribution in [3.63, 3.8) is 0 Å². The van der Waals surface area contributed by atoms with E-state index in [0.29, 0.717) is 23.9 Å². The molecule has 0 saturated carbocycles. The standard InChI is InChI=1S/C24H33N5O2/c1-17-20(12-25-26-17)16-27-13-18-11-19(15-27)22-8-7-21(24(31)29(22)14-18)23(30)28-9-5-3-2-4-6-10-28/h7-8,12,18-19H,2-6,9-11,13-16H2,1H3,(H,25,26)/t18-,19+/m0/s1.